The summed E-state index contributed by atoms with van der Waals surface area (Å²) in [4.78, 5) is 8.11. The lowest BCUT2D eigenvalue weighted by molar-refractivity contribution is 0.370. The van der Waals surface area contributed by atoms with Crippen molar-refractivity contribution in [1.29, 1.82) is 0 Å². The molecule has 0 bridgehead atoms. The monoisotopic (exact) mass is 192 g/mol. The van der Waals surface area contributed by atoms with Gasteiger partial charge < -0.3 is 11.1 Å². The quantitative estimate of drug-likeness (QED) is 0.720. The highest BCUT2D eigenvalue weighted by Gasteiger charge is 2.13. The third-order valence-corrected chi connectivity index (χ3v) is 2.70. The van der Waals surface area contributed by atoms with E-state index in [2.05, 4.69) is 15.3 Å². The van der Waals surface area contributed by atoms with E-state index < -0.39 is 0 Å². The lowest BCUT2D eigenvalue weighted by Crippen LogP contribution is -2.28. The molecule has 0 amide bonds. The molecular weight excluding hydrogens is 176 g/mol. The lowest BCUT2D eigenvalue weighted by Gasteiger charge is -2.21. The van der Waals surface area contributed by atoms with E-state index in [9.17, 15) is 0 Å². The third kappa shape index (κ3) is 2.42. The van der Waals surface area contributed by atoms with Gasteiger partial charge >= 0.3 is 0 Å². The Bertz CT molecular complexity index is 294. The maximum atomic E-state index is 5.60. The van der Waals surface area contributed by atoms with Crippen LogP contribution in [0.15, 0.2) is 12.4 Å². The molecule has 4 heteroatoms. The number of rotatable bonds is 2. The Hall–Kier alpha value is -1.16. The smallest absolute Gasteiger partial charge is 0.126 e. The number of aromatic nitrogens is 2. The fourth-order valence-corrected chi connectivity index (χ4v) is 1.91. The highest BCUT2D eigenvalue weighted by atomic mass is 14.9. The van der Waals surface area contributed by atoms with E-state index in [0.717, 1.165) is 31.1 Å². The minimum absolute atomic E-state index is 0.573. The molecule has 76 valence electrons. The largest absolute Gasteiger partial charge is 0.384 e. The highest BCUT2D eigenvalue weighted by molar-refractivity contribution is 5.27. The van der Waals surface area contributed by atoms with Gasteiger partial charge in [-0.25, -0.2) is 9.97 Å². The standard InChI is InChI=1S/C10H16N4/c11-10-6-9(13-7-14-10)5-8-1-3-12-4-2-8/h6-8,12H,1-5H2,(H2,11,13,14). The summed E-state index contributed by atoms with van der Waals surface area (Å²) < 4.78 is 0. The summed E-state index contributed by atoms with van der Waals surface area (Å²) in [5.41, 5.74) is 6.67. The maximum Gasteiger partial charge on any atom is 0.126 e. The second kappa shape index (κ2) is 4.37. The molecule has 0 atom stereocenters. The Morgan fingerprint density at radius 3 is 2.86 bits per heavy atom. The Kier molecular flexibility index (Phi) is 2.93. The van der Waals surface area contributed by atoms with Crippen LogP contribution in [-0.2, 0) is 6.42 Å². The molecule has 1 aromatic rings. The first kappa shape index (κ1) is 9.40. The zero-order valence-electron chi connectivity index (χ0n) is 8.24. The molecule has 0 unspecified atom stereocenters. The van der Waals surface area contributed by atoms with E-state index in [1.54, 1.807) is 6.33 Å². The lowest BCUT2D eigenvalue weighted by atomic mass is 9.93. The third-order valence-electron chi connectivity index (χ3n) is 2.70. The van der Waals surface area contributed by atoms with Gasteiger partial charge in [0.05, 0.1) is 0 Å². The normalized spacial score (nSPS) is 18.3. The Morgan fingerprint density at radius 1 is 1.36 bits per heavy atom. The van der Waals surface area contributed by atoms with Gasteiger partial charge in [-0.3, -0.25) is 0 Å². The van der Waals surface area contributed by atoms with Crippen LogP contribution in [0.2, 0.25) is 0 Å². The number of nitrogens with zero attached hydrogens (tertiary/aromatic N) is 2. The van der Waals surface area contributed by atoms with Gasteiger partial charge in [0.15, 0.2) is 0 Å². The summed E-state index contributed by atoms with van der Waals surface area (Å²) in [6.45, 7) is 2.26. The Morgan fingerprint density at radius 2 is 2.14 bits per heavy atom. The number of piperidine rings is 1. The van der Waals surface area contributed by atoms with Crippen LogP contribution in [0.1, 0.15) is 18.5 Å². The van der Waals surface area contributed by atoms with Gasteiger partial charge in [-0.15, -0.1) is 0 Å². The number of nitrogens with one attached hydrogen (secondary N) is 1. The molecule has 1 aliphatic heterocycles. The summed E-state index contributed by atoms with van der Waals surface area (Å²) >= 11 is 0. The van der Waals surface area contributed by atoms with Crippen LogP contribution in [0.25, 0.3) is 0 Å². The average molecular weight is 192 g/mol. The highest BCUT2D eigenvalue weighted by Crippen LogP contribution is 2.16. The molecule has 3 N–H and O–H groups in total. The Balaban J connectivity index is 1.95. The van der Waals surface area contributed by atoms with Gasteiger partial charge in [-0.2, -0.15) is 0 Å². The van der Waals surface area contributed by atoms with E-state index >= 15 is 0 Å². The van der Waals surface area contributed by atoms with Crippen LogP contribution in [0.5, 0.6) is 0 Å². The van der Waals surface area contributed by atoms with Crippen molar-refractivity contribution < 1.29 is 0 Å². The van der Waals surface area contributed by atoms with Crippen LogP contribution in [0.4, 0.5) is 5.82 Å². The summed E-state index contributed by atoms with van der Waals surface area (Å²) in [6.07, 6.45) is 5.06. The van der Waals surface area contributed by atoms with Crippen molar-refractivity contribution >= 4 is 5.82 Å². The number of hydrogen-bond acceptors (Lipinski definition) is 4. The first-order valence-corrected chi connectivity index (χ1v) is 5.12. The van der Waals surface area contributed by atoms with Gasteiger partial charge in [0, 0.05) is 11.8 Å². The molecule has 0 aromatic carbocycles. The summed E-state index contributed by atoms with van der Waals surface area (Å²) in [6, 6.07) is 1.88. The number of nitrogens with two attached hydrogens (primary N) is 1. The van der Waals surface area contributed by atoms with E-state index in [-0.39, 0.29) is 0 Å². The molecule has 0 radical (unpaired) electrons. The average Bonchev–Trinajstić information content (AvgIpc) is 2.19. The van der Waals surface area contributed by atoms with Gasteiger partial charge in [-0.1, -0.05) is 0 Å². The van der Waals surface area contributed by atoms with Crippen molar-refractivity contribution in [2.45, 2.75) is 19.3 Å². The van der Waals surface area contributed by atoms with E-state index in [1.165, 1.54) is 12.8 Å². The van der Waals surface area contributed by atoms with E-state index in [0.29, 0.717) is 5.82 Å². The topological polar surface area (TPSA) is 63.8 Å². The molecule has 1 aromatic heterocycles. The molecule has 1 saturated heterocycles. The zero-order valence-corrected chi connectivity index (χ0v) is 8.24. The van der Waals surface area contributed by atoms with Crippen molar-refractivity contribution in [2.24, 2.45) is 5.92 Å². The fraction of sp³-hybridized carbons (Fsp3) is 0.600. The van der Waals surface area contributed by atoms with Gasteiger partial charge in [0.1, 0.15) is 12.1 Å². The summed E-state index contributed by atoms with van der Waals surface area (Å²) in [7, 11) is 0. The molecule has 2 rings (SSSR count). The summed E-state index contributed by atoms with van der Waals surface area (Å²) in [5, 5.41) is 3.35. The minimum Gasteiger partial charge on any atom is -0.384 e. The zero-order chi connectivity index (χ0) is 9.80. The summed E-state index contributed by atoms with van der Waals surface area (Å²) in [5.74, 6) is 1.33. The minimum atomic E-state index is 0.573. The van der Waals surface area contributed by atoms with Gasteiger partial charge in [-0.05, 0) is 38.3 Å². The van der Waals surface area contributed by atoms with Crippen LogP contribution in [0.3, 0.4) is 0 Å². The first-order chi connectivity index (χ1) is 6.84. The van der Waals surface area contributed by atoms with Crippen molar-refractivity contribution in [2.75, 3.05) is 18.8 Å². The van der Waals surface area contributed by atoms with E-state index in [4.69, 9.17) is 5.73 Å². The number of hydrogen-bond donors (Lipinski definition) is 2. The van der Waals surface area contributed by atoms with Crippen LogP contribution in [0, 0.1) is 5.92 Å². The second-order valence-electron chi connectivity index (χ2n) is 3.83. The predicted molar refractivity (Wildman–Crippen MR) is 55.7 cm³/mol. The van der Waals surface area contributed by atoms with E-state index in [1.807, 2.05) is 6.07 Å². The van der Waals surface area contributed by atoms with Crippen molar-refractivity contribution in [3.05, 3.63) is 18.1 Å². The Labute approximate surface area is 83.9 Å². The molecule has 2 heterocycles. The molecule has 14 heavy (non-hydrogen) atoms. The molecule has 0 spiro atoms. The number of anilines is 1. The molecule has 1 fully saturated rings. The van der Waals surface area contributed by atoms with Crippen LogP contribution < -0.4 is 11.1 Å². The van der Waals surface area contributed by atoms with Gasteiger partial charge in [0.25, 0.3) is 0 Å². The molecule has 1 aliphatic rings. The maximum absolute atomic E-state index is 5.60. The molecule has 4 nitrogen and oxygen atoms in total. The van der Waals surface area contributed by atoms with Crippen LogP contribution >= 0.6 is 0 Å². The molecular formula is C10H16N4. The molecule has 0 aliphatic carbocycles. The van der Waals surface area contributed by atoms with Crippen molar-refractivity contribution in [1.82, 2.24) is 15.3 Å². The SMILES string of the molecule is Nc1cc(CC2CCNCC2)ncn1. The molecule has 0 saturated carbocycles. The number of nitrogen functional groups attached to an aromatic ring is 1. The second-order valence-corrected chi connectivity index (χ2v) is 3.83. The first-order valence-electron chi connectivity index (χ1n) is 5.12. The van der Waals surface area contributed by atoms with Crippen molar-refractivity contribution in [3.8, 4) is 0 Å². The van der Waals surface area contributed by atoms with Gasteiger partial charge in [0.2, 0.25) is 0 Å². The van der Waals surface area contributed by atoms with Crippen molar-refractivity contribution in [3.63, 3.8) is 0 Å². The fourth-order valence-electron chi connectivity index (χ4n) is 1.91. The van der Waals surface area contributed by atoms with Crippen LogP contribution in [-0.4, -0.2) is 23.1 Å². The predicted octanol–water partition coefficient (Wildman–Crippen LogP) is 0.601.